The van der Waals surface area contributed by atoms with Crippen molar-refractivity contribution in [2.45, 2.75) is 0 Å². The number of benzene rings is 6. The second-order valence-corrected chi connectivity index (χ2v) is 8.88. The summed E-state index contributed by atoms with van der Waals surface area (Å²) in [7, 11) is 3.43. The lowest BCUT2D eigenvalue weighted by atomic mass is 9.83. The van der Waals surface area contributed by atoms with Crippen LogP contribution in [0.3, 0.4) is 0 Å². The summed E-state index contributed by atoms with van der Waals surface area (Å²) in [4.78, 5) is 0. The van der Waals surface area contributed by atoms with Gasteiger partial charge in [-0.3, -0.25) is 0 Å². The van der Waals surface area contributed by atoms with Crippen molar-refractivity contribution < 1.29 is 9.47 Å². The van der Waals surface area contributed by atoms with Crippen LogP contribution in [0.5, 0.6) is 11.5 Å². The zero-order chi connectivity index (χ0) is 24.5. The highest BCUT2D eigenvalue weighted by Crippen LogP contribution is 2.46. The Bertz CT molecular complexity index is 1590. The first kappa shape index (κ1) is 21.9. The maximum Gasteiger partial charge on any atom is 0.119 e. The van der Waals surface area contributed by atoms with E-state index in [1.807, 2.05) is 12.1 Å². The van der Waals surface area contributed by atoms with Crippen LogP contribution in [0.15, 0.2) is 121 Å². The van der Waals surface area contributed by atoms with Crippen LogP contribution < -0.4 is 9.47 Å². The van der Waals surface area contributed by atoms with Crippen LogP contribution in [0, 0.1) is 0 Å². The van der Waals surface area contributed by atoms with Gasteiger partial charge >= 0.3 is 0 Å². The van der Waals surface area contributed by atoms with Crippen LogP contribution in [0.25, 0.3) is 54.9 Å². The largest absolute Gasteiger partial charge is 0.497 e. The number of ether oxygens (including phenoxy) is 2. The lowest BCUT2D eigenvalue weighted by molar-refractivity contribution is 0.415. The first-order valence-electron chi connectivity index (χ1n) is 12.1. The summed E-state index contributed by atoms with van der Waals surface area (Å²) in [5, 5.41) is 4.86. The standard InChI is InChI=1S/C34H26O2/c1-35-27-13-7-11-25(21-27)31-19-17-23-9-3-5-15-29(23)33(31)34-30-16-6-4-10-24(30)18-20-32(34)26-12-8-14-28(22-26)36-2/h3-22H,1-2H3. The van der Waals surface area contributed by atoms with E-state index in [0.29, 0.717) is 0 Å². The SMILES string of the molecule is COc1cccc(-c2ccc3ccccc3c2-c2c(-c3cccc(OC)c3)ccc3ccccc23)c1. The van der Waals surface area contributed by atoms with Gasteiger partial charge in [0.15, 0.2) is 0 Å². The number of rotatable bonds is 5. The van der Waals surface area contributed by atoms with E-state index < -0.39 is 0 Å². The fourth-order valence-electron chi connectivity index (χ4n) is 5.14. The minimum absolute atomic E-state index is 0.845. The molecule has 0 aliphatic heterocycles. The second kappa shape index (κ2) is 9.24. The number of hydrogen-bond acceptors (Lipinski definition) is 2. The van der Waals surface area contributed by atoms with Crippen molar-refractivity contribution in [1.29, 1.82) is 0 Å². The summed E-state index contributed by atoms with van der Waals surface area (Å²) in [6, 6.07) is 42.8. The van der Waals surface area contributed by atoms with Gasteiger partial charge in [-0.05, 0) is 79.2 Å². The molecule has 36 heavy (non-hydrogen) atoms. The third-order valence-corrected chi connectivity index (χ3v) is 6.87. The van der Waals surface area contributed by atoms with E-state index in [-0.39, 0.29) is 0 Å². The Morgan fingerprint density at radius 1 is 0.417 bits per heavy atom. The highest BCUT2D eigenvalue weighted by atomic mass is 16.5. The molecule has 0 saturated heterocycles. The maximum atomic E-state index is 5.58. The van der Waals surface area contributed by atoms with Crippen LogP contribution in [0.4, 0.5) is 0 Å². The molecule has 2 nitrogen and oxygen atoms in total. The molecule has 0 radical (unpaired) electrons. The summed E-state index contributed by atoms with van der Waals surface area (Å²) in [6.07, 6.45) is 0. The van der Waals surface area contributed by atoms with Crippen molar-refractivity contribution in [2.75, 3.05) is 14.2 Å². The molecule has 0 amide bonds. The predicted molar refractivity (Wildman–Crippen MR) is 151 cm³/mol. The molecule has 2 heteroatoms. The lowest BCUT2D eigenvalue weighted by Crippen LogP contribution is -1.94. The summed E-state index contributed by atoms with van der Waals surface area (Å²) in [6.45, 7) is 0. The molecule has 0 N–H and O–H groups in total. The van der Waals surface area contributed by atoms with E-state index in [1.165, 1.54) is 43.8 Å². The molecule has 0 bridgehead atoms. The molecular weight excluding hydrogens is 440 g/mol. The molecule has 0 spiro atoms. The molecule has 0 unspecified atom stereocenters. The minimum Gasteiger partial charge on any atom is -0.497 e. The van der Waals surface area contributed by atoms with Gasteiger partial charge in [-0.1, -0.05) is 97.1 Å². The molecule has 6 rings (SSSR count). The average Bonchev–Trinajstić information content (AvgIpc) is 2.96. The Labute approximate surface area is 211 Å². The van der Waals surface area contributed by atoms with Crippen LogP contribution in [-0.4, -0.2) is 14.2 Å². The van der Waals surface area contributed by atoms with E-state index in [4.69, 9.17) is 9.47 Å². The van der Waals surface area contributed by atoms with E-state index >= 15 is 0 Å². The maximum absolute atomic E-state index is 5.58. The molecule has 0 heterocycles. The molecule has 6 aromatic carbocycles. The Hall–Kier alpha value is -4.56. The molecule has 0 aliphatic rings. The summed E-state index contributed by atoms with van der Waals surface area (Å²) >= 11 is 0. The Kier molecular flexibility index (Phi) is 5.63. The monoisotopic (exact) mass is 466 g/mol. The summed E-state index contributed by atoms with van der Waals surface area (Å²) in [5.41, 5.74) is 7.03. The van der Waals surface area contributed by atoms with Crippen LogP contribution in [0.2, 0.25) is 0 Å². The van der Waals surface area contributed by atoms with E-state index in [0.717, 1.165) is 22.6 Å². The lowest BCUT2D eigenvalue weighted by Gasteiger charge is -2.20. The Balaban J connectivity index is 1.78. The van der Waals surface area contributed by atoms with Gasteiger partial charge in [-0.15, -0.1) is 0 Å². The van der Waals surface area contributed by atoms with Crippen molar-refractivity contribution in [2.24, 2.45) is 0 Å². The molecule has 0 aliphatic carbocycles. The van der Waals surface area contributed by atoms with Gasteiger partial charge in [0.05, 0.1) is 14.2 Å². The minimum atomic E-state index is 0.845. The van der Waals surface area contributed by atoms with E-state index in [9.17, 15) is 0 Å². The van der Waals surface area contributed by atoms with Crippen molar-refractivity contribution >= 4 is 21.5 Å². The van der Waals surface area contributed by atoms with Gasteiger partial charge in [0.1, 0.15) is 11.5 Å². The number of hydrogen-bond donors (Lipinski definition) is 0. The highest BCUT2D eigenvalue weighted by Gasteiger charge is 2.19. The summed E-state index contributed by atoms with van der Waals surface area (Å²) in [5.74, 6) is 1.69. The highest BCUT2D eigenvalue weighted by molar-refractivity contribution is 6.14. The van der Waals surface area contributed by atoms with Crippen molar-refractivity contribution in [3.63, 3.8) is 0 Å². The predicted octanol–water partition coefficient (Wildman–Crippen LogP) is 9.01. The van der Waals surface area contributed by atoms with Gasteiger partial charge in [-0.2, -0.15) is 0 Å². The number of methoxy groups -OCH3 is 2. The number of fused-ring (bicyclic) bond motifs is 2. The first-order valence-corrected chi connectivity index (χ1v) is 12.1. The van der Waals surface area contributed by atoms with Crippen LogP contribution in [0.1, 0.15) is 0 Å². The van der Waals surface area contributed by atoms with Crippen molar-refractivity contribution in [1.82, 2.24) is 0 Å². The van der Waals surface area contributed by atoms with E-state index in [2.05, 4.69) is 109 Å². The Morgan fingerprint density at radius 3 is 1.31 bits per heavy atom. The molecule has 0 atom stereocenters. The fraction of sp³-hybridized carbons (Fsp3) is 0.0588. The quantitative estimate of drug-likeness (QED) is 0.252. The third-order valence-electron chi connectivity index (χ3n) is 6.87. The van der Waals surface area contributed by atoms with Crippen LogP contribution in [-0.2, 0) is 0 Å². The average molecular weight is 467 g/mol. The molecule has 0 fully saturated rings. The topological polar surface area (TPSA) is 18.5 Å². The van der Waals surface area contributed by atoms with Gasteiger partial charge < -0.3 is 9.47 Å². The Morgan fingerprint density at radius 2 is 0.861 bits per heavy atom. The smallest absolute Gasteiger partial charge is 0.119 e. The van der Waals surface area contributed by atoms with Crippen LogP contribution >= 0.6 is 0 Å². The van der Waals surface area contributed by atoms with E-state index in [1.54, 1.807) is 14.2 Å². The van der Waals surface area contributed by atoms with Gasteiger partial charge in [0, 0.05) is 0 Å². The molecule has 0 saturated carbocycles. The third kappa shape index (κ3) is 3.77. The van der Waals surface area contributed by atoms with Crippen molar-refractivity contribution in [3.8, 4) is 44.9 Å². The fourth-order valence-corrected chi connectivity index (χ4v) is 5.14. The zero-order valence-electron chi connectivity index (χ0n) is 20.4. The first-order chi connectivity index (χ1) is 17.8. The van der Waals surface area contributed by atoms with Gasteiger partial charge in [0.2, 0.25) is 0 Å². The van der Waals surface area contributed by atoms with Gasteiger partial charge in [0.25, 0.3) is 0 Å². The second-order valence-electron chi connectivity index (χ2n) is 8.88. The molecule has 6 aromatic rings. The molecular formula is C34H26O2. The van der Waals surface area contributed by atoms with Crippen molar-refractivity contribution in [3.05, 3.63) is 121 Å². The van der Waals surface area contributed by atoms with Gasteiger partial charge in [-0.25, -0.2) is 0 Å². The molecule has 174 valence electrons. The summed E-state index contributed by atoms with van der Waals surface area (Å²) < 4.78 is 11.2. The zero-order valence-corrected chi connectivity index (χ0v) is 20.4. The molecule has 0 aromatic heterocycles. The normalized spacial score (nSPS) is 11.1.